The molecule has 0 aromatic carbocycles. The smallest absolute Gasteiger partial charge is 0.258 e. The van der Waals surface area contributed by atoms with Crippen molar-refractivity contribution in [3.8, 4) is 11.1 Å². The molecule has 0 bridgehead atoms. The van der Waals surface area contributed by atoms with Crippen LogP contribution >= 0.6 is 0 Å². The Balaban J connectivity index is 2.56. The van der Waals surface area contributed by atoms with Crippen LogP contribution in [0.3, 0.4) is 0 Å². The van der Waals surface area contributed by atoms with Crippen LogP contribution in [0.5, 0.6) is 0 Å². The molecule has 0 atom stereocenters. The Kier molecular flexibility index (Phi) is 2.06. The number of nitrogens with zero attached hydrogens (tertiary/aromatic N) is 2. The van der Waals surface area contributed by atoms with Gasteiger partial charge in [-0.05, 0) is 12.1 Å². The minimum absolute atomic E-state index is 0.270. The molecule has 0 unspecified atom stereocenters. The van der Waals surface area contributed by atoms with Crippen molar-refractivity contribution in [1.29, 1.82) is 0 Å². The number of halogens is 1. The van der Waals surface area contributed by atoms with Gasteiger partial charge in [0.05, 0.1) is 11.9 Å². The SMILES string of the molecule is O=c1[nH]cncc1-c1ccc(F)nc1. The van der Waals surface area contributed by atoms with Crippen LogP contribution in [0.4, 0.5) is 4.39 Å². The molecule has 0 radical (unpaired) electrons. The van der Waals surface area contributed by atoms with Gasteiger partial charge in [-0.25, -0.2) is 9.97 Å². The second kappa shape index (κ2) is 3.37. The van der Waals surface area contributed by atoms with Crippen molar-refractivity contribution < 1.29 is 4.39 Å². The highest BCUT2D eigenvalue weighted by atomic mass is 19.1. The highest BCUT2D eigenvalue weighted by Gasteiger charge is 2.02. The molecule has 0 aliphatic heterocycles. The Morgan fingerprint density at radius 3 is 2.79 bits per heavy atom. The summed E-state index contributed by atoms with van der Waals surface area (Å²) in [4.78, 5) is 20.9. The highest BCUT2D eigenvalue weighted by Crippen LogP contribution is 2.11. The van der Waals surface area contributed by atoms with Crippen LogP contribution in [0.25, 0.3) is 11.1 Å². The molecule has 0 saturated carbocycles. The average molecular weight is 191 g/mol. The van der Waals surface area contributed by atoms with Crippen LogP contribution in [0.1, 0.15) is 0 Å². The minimum Gasteiger partial charge on any atom is -0.313 e. The molecule has 0 saturated heterocycles. The normalized spacial score (nSPS) is 10.1. The van der Waals surface area contributed by atoms with E-state index in [2.05, 4.69) is 15.0 Å². The lowest BCUT2D eigenvalue weighted by Gasteiger charge is -1.97. The summed E-state index contributed by atoms with van der Waals surface area (Å²) < 4.78 is 12.5. The molecule has 0 spiro atoms. The lowest BCUT2D eigenvalue weighted by atomic mass is 10.1. The zero-order valence-corrected chi connectivity index (χ0v) is 7.07. The van der Waals surface area contributed by atoms with Gasteiger partial charge >= 0.3 is 0 Å². The summed E-state index contributed by atoms with van der Waals surface area (Å²) in [6, 6.07) is 2.68. The second-order valence-electron chi connectivity index (χ2n) is 2.66. The number of hydrogen-bond acceptors (Lipinski definition) is 3. The molecule has 2 aromatic rings. The molecule has 14 heavy (non-hydrogen) atoms. The van der Waals surface area contributed by atoms with Gasteiger partial charge in [-0.3, -0.25) is 4.79 Å². The first kappa shape index (κ1) is 8.55. The van der Waals surface area contributed by atoms with Crippen LogP contribution < -0.4 is 5.56 Å². The third-order valence-corrected chi connectivity index (χ3v) is 1.76. The lowest BCUT2D eigenvalue weighted by molar-refractivity contribution is 0.584. The monoisotopic (exact) mass is 191 g/mol. The molecule has 70 valence electrons. The van der Waals surface area contributed by atoms with E-state index in [1.54, 1.807) is 0 Å². The van der Waals surface area contributed by atoms with E-state index in [0.29, 0.717) is 11.1 Å². The summed E-state index contributed by atoms with van der Waals surface area (Å²) in [5, 5.41) is 0. The van der Waals surface area contributed by atoms with Crippen LogP contribution in [0.15, 0.2) is 35.6 Å². The molecule has 2 rings (SSSR count). The topological polar surface area (TPSA) is 58.6 Å². The summed E-state index contributed by atoms with van der Waals surface area (Å²) in [5.41, 5.74) is 0.647. The zero-order chi connectivity index (χ0) is 9.97. The summed E-state index contributed by atoms with van der Waals surface area (Å²) in [6.45, 7) is 0. The van der Waals surface area contributed by atoms with Gasteiger partial charge in [-0.1, -0.05) is 0 Å². The average Bonchev–Trinajstić information content (AvgIpc) is 2.20. The zero-order valence-electron chi connectivity index (χ0n) is 7.07. The summed E-state index contributed by atoms with van der Waals surface area (Å²) in [6.07, 6.45) is 4.00. The fourth-order valence-electron chi connectivity index (χ4n) is 1.08. The maximum atomic E-state index is 12.5. The van der Waals surface area contributed by atoms with Gasteiger partial charge in [0.15, 0.2) is 0 Å². The van der Waals surface area contributed by atoms with E-state index in [0.717, 1.165) is 0 Å². The third kappa shape index (κ3) is 1.52. The molecular weight excluding hydrogens is 185 g/mol. The van der Waals surface area contributed by atoms with E-state index in [1.807, 2.05) is 0 Å². The van der Waals surface area contributed by atoms with Crippen molar-refractivity contribution in [2.45, 2.75) is 0 Å². The second-order valence-corrected chi connectivity index (χ2v) is 2.66. The molecule has 0 aliphatic rings. The van der Waals surface area contributed by atoms with Gasteiger partial charge in [0.1, 0.15) is 0 Å². The van der Waals surface area contributed by atoms with Crippen molar-refractivity contribution >= 4 is 0 Å². The molecule has 0 amide bonds. The van der Waals surface area contributed by atoms with E-state index < -0.39 is 5.95 Å². The number of aromatic nitrogens is 3. The quantitative estimate of drug-likeness (QED) is 0.683. The van der Waals surface area contributed by atoms with Crippen molar-refractivity contribution in [2.75, 3.05) is 0 Å². The molecule has 2 heterocycles. The number of nitrogens with one attached hydrogen (secondary N) is 1. The fourth-order valence-corrected chi connectivity index (χ4v) is 1.08. The van der Waals surface area contributed by atoms with Crippen molar-refractivity contribution in [2.24, 2.45) is 0 Å². The molecule has 1 N–H and O–H groups in total. The lowest BCUT2D eigenvalue weighted by Crippen LogP contribution is -2.08. The summed E-state index contributed by atoms with van der Waals surface area (Å²) in [7, 11) is 0. The van der Waals surface area contributed by atoms with E-state index in [4.69, 9.17) is 0 Å². The fraction of sp³-hybridized carbons (Fsp3) is 0. The Morgan fingerprint density at radius 1 is 1.29 bits per heavy atom. The van der Waals surface area contributed by atoms with Crippen LogP contribution in [-0.2, 0) is 0 Å². The maximum absolute atomic E-state index is 12.5. The number of aromatic amines is 1. The van der Waals surface area contributed by atoms with Gasteiger partial charge in [0.25, 0.3) is 5.56 Å². The molecule has 4 nitrogen and oxygen atoms in total. The first-order valence-corrected chi connectivity index (χ1v) is 3.92. The van der Waals surface area contributed by atoms with E-state index in [1.165, 1.54) is 30.9 Å². The first-order chi connectivity index (χ1) is 6.77. The molecule has 0 fully saturated rings. The van der Waals surface area contributed by atoms with Crippen molar-refractivity contribution in [3.63, 3.8) is 0 Å². The molecular formula is C9H6FN3O. The van der Waals surface area contributed by atoms with Crippen LogP contribution in [0.2, 0.25) is 0 Å². The van der Waals surface area contributed by atoms with Gasteiger partial charge in [0.2, 0.25) is 5.95 Å². The number of hydrogen-bond donors (Lipinski definition) is 1. The summed E-state index contributed by atoms with van der Waals surface area (Å²) in [5.74, 6) is -0.575. The number of rotatable bonds is 1. The Morgan fingerprint density at radius 2 is 2.14 bits per heavy atom. The van der Waals surface area contributed by atoms with Gasteiger partial charge in [0, 0.05) is 18.0 Å². The Labute approximate surface area is 78.5 Å². The van der Waals surface area contributed by atoms with Crippen LogP contribution in [-0.4, -0.2) is 15.0 Å². The number of pyridine rings is 1. The highest BCUT2D eigenvalue weighted by molar-refractivity contribution is 5.59. The third-order valence-electron chi connectivity index (χ3n) is 1.76. The van der Waals surface area contributed by atoms with Crippen molar-refractivity contribution in [3.05, 3.63) is 47.2 Å². The van der Waals surface area contributed by atoms with Gasteiger partial charge < -0.3 is 4.98 Å². The predicted molar refractivity (Wildman–Crippen MR) is 48.0 cm³/mol. The first-order valence-electron chi connectivity index (χ1n) is 3.92. The molecule has 0 aliphatic carbocycles. The van der Waals surface area contributed by atoms with E-state index >= 15 is 0 Å². The molecule has 2 aromatic heterocycles. The van der Waals surface area contributed by atoms with Crippen molar-refractivity contribution in [1.82, 2.24) is 15.0 Å². The standard InChI is InChI=1S/C9H6FN3O/c10-8-2-1-6(3-12-8)7-4-11-5-13-9(7)14/h1-5H,(H,11,13,14). The molecule has 5 heteroatoms. The van der Waals surface area contributed by atoms with E-state index in [9.17, 15) is 9.18 Å². The van der Waals surface area contributed by atoms with E-state index in [-0.39, 0.29) is 5.56 Å². The Hall–Kier alpha value is -2.04. The van der Waals surface area contributed by atoms with Crippen LogP contribution in [0, 0.1) is 5.95 Å². The summed E-state index contributed by atoms with van der Waals surface area (Å²) >= 11 is 0. The largest absolute Gasteiger partial charge is 0.313 e. The number of H-pyrrole nitrogens is 1. The Bertz CT molecular complexity index is 492. The predicted octanol–water partition coefficient (Wildman–Crippen LogP) is 0.971. The van der Waals surface area contributed by atoms with Gasteiger partial charge in [-0.15, -0.1) is 0 Å². The van der Waals surface area contributed by atoms with Gasteiger partial charge in [-0.2, -0.15) is 4.39 Å². The maximum Gasteiger partial charge on any atom is 0.258 e. The minimum atomic E-state index is -0.575.